The van der Waals surface area contributed by atoms with Crippen LogP contribution in [-0.4, -0.2) is 26.1 Å². The molecule has 0 aliphatic carbocycles. The van der Waals surface area contributed by atoms with Crippen molar-refractivity contribution in [2.45, 2.75) is 32.9 Å². The molecule has 0 saturated heterocycles. The second kappa shape index (κ2) is 7.49. The lowest BCUT2D eigenvalue weighted by atomic mass is 10.1. The van der Waals surface area contributed by atoms with Gasteiger partial charge in [0.25, 0.3) is 11.5 Å². The summed E-state index contributed by atoms with van der Waals surface area (Å²) >= 11 is 0. The second-order valence-electron chi connectivity index (χ2n) is 6.45. The number of fused-ring (bicyclic) bond motifs is 1. The maximum Gasteiger partial charge on any atom is 0.323 e. The lowest BCUT2D eigenvalue weighted by Gasteiger charge is -2.13. The number of nitrogens with one attached hydrogen (secondary N) is 1. The summed E-state index contributed by atoms with van der Waals surface area (Å²) in [6.07, 6.45) is 4.28. The number of anilines is 1. The normalized spacial score (nSPS) is 12.1. The summed E-state index contributed by atoms with van der Waals surface area (Å²) in [5.74, 6) is -1.44. The molecule has 0 aliphatic rings. The van der Waals surface area contributed by atoms with E-state index in [0.29, 0.717) is 17.3 Å². The predicted octanol–water partition coefficient (Wildman–Crippen LogP) is 3.11. The van der Waals surface area contributed by atoms with E-state index >= 15 is 0 Å². The molecule has 2 N–H and O–H groups in total. The molecule has 27 heavy (non-hydrogen) atoms. The quantitative estimate of drug-likeness (QED) is 0.700. The first-order valence-electron chi connectivity index (χ1n) is 8.74. The molecule has 7 heteroatoms. The fraction of sp³-hybridized carbons (Fsp3) is 0.250. The van der Waals surface area contributed by atoms with Gasteiger partial charge < -0.3 is 19.6 Å². The number of hydrogen-bond acceptors (Lipinski definition) is 3. The molecule has 2 aromatic heterocycles. The first kappa shape index (κ1) is 18.4. The Balaban J connectivity index is 1.92. The summed E-state index contributed by atoms with van der Waals surface area (Å²) in [7, 11) is 0. The number of carboxylic acids is 1. The molecule has 3 rings (SSSR count). The number of aliphatic carboxylic acids is 1. The molecule has 0 aliphatic heterocycles. The molecule has 1 aromatic carbocycles. The van der Waals surface area contributed by atoms with Crippen molar-refractivity contribution in [1.82, 2.24) is 9.13 Å². The number of carboxylic acid groups (broad SMARTS) is 1. The molecule has 1 atom stereocenters. The highest BCUT2D eigenvalue weighted by molar-refractivity contribution is 6.12. The van der Waals surface area contributed by atoms with Crippen molar-refractivity contribution in [2.75, 3.05) is 5.32 Å². The first-order chi connectivity index (χ1) is 12.9. The van der Waals surface area contributed by atoms with E-state index in [1.54, 1.807) is 6.07 Å². The van der Waals surface area contributed by atoms with Gasteiger partial charge in [0.2, 0.25) is 0 Å². The number of carbonyl (C=O) groups excluding carboxylic acids is 1. The van der Waals surface area contributed by atoms with Gasteiger partial charge in [-0.1, -0.05) is 13.0 Å². The van der Waals surface area contributed by atoms with Gasteiger partial charge in [-0.05, 0) is 37.6 Å². The van der Waals surface area contributed by atoms with Crippen molar-refractivity contribution in [2.24, 2.45) is 0 Å². The van der Waals surface area contributed by atoms with E-state index in [4.69, 9.17) is 5.11 Å². The minimum atomic E-state index is -1.13. The van der Waals surface area contributed by atoms with Gasteiger partial charge in [0.05, 0.1) is 5.69 Å². The smallest absolute Gasteiger partial charge is 0.323 e. The van der Waals surface area contributed by atoms with E-state index in [9.17, 15) is 14.4 Å². The van der Waals surface area contributed by atoms with Gasteiger partial charge in [-0.25, -0.2) is 0 Å². The molecule has 0 bridgehead atoms. The Morgan fingerprint density at radius 2 is 1.96 bits per heavy atom. The summed E-state index contributed by atoms with van der Waals surface area (Å²) in [6.45, 7) is 3.77. The Kier molecular flexibility index (Phi) is 5.12. The van der Waals surface area contributed by atoms with Crippen LogP contribution in [0, 0.1) is 0 Å². The van der Waals surface area contributed by atoms with E-state index in [2.05, 4.69) is 23.7 Å². The van der Waals surface area contributed by atoms with Crippen LogP contribution < -0.4 is 10.9 Å². The van der Waals surface area contributed by atoms with Crippen molar-refractivity contribution >= 4 is 28.5 Å². The van der Waals surface area contributed by atoms with Crippen LogP contribution in [0.3, 0.4) is 0 Å². The van der Waals surface area contributed by atoms with Crippen molar-refractivity contribution in [1.29, 1.82) is 0 Å². The number of hydrogen-bond donors (Lipinski definition) is 2. The van der Waals surface area contributed by atoms with E-state index < -0.39 is 18.1 Å². The fourth-order valence-electron chi connectivity index (χ4n) is 3.04. The van der Waals surface area contributed by atoms with Crippen LogP contribution >= 0.6 is 0 Å². The number of amides is 1. The zero-order chi connectivity index (χ0) is 19.6. The van der Waals surface area contributed by atoms with Gasteiger partial charge in [-0.2, -0.15) is 0 Å². The minimum Gasteiger partial charge on any atom is -0.480 e. The third-order valence-electron chi connectivity index (χ3n) is 4.62. The van der Waals surface area contributed by atoms with Crippen molar-refractivity contribution in [3.63, 3.8) is 0 Å². The third kappa shape index (κ3) is 3.76. The van der Waals surface area contributed by atoms with Crippen LogP contribution in [0.5, 0.6) is 0 Å². The van der Waals surface area contributed by atoms with E-state index in [1.165, 1.54) is 18.3 Å². The van der Waals surface area contributed by atoms with Gasteiger partial charge >= 0.3 is 5.97 Å². The SMILES string of the molecule is CCC(C)n1ccc2c(C(=O)Nc3ccc(=O)n(CC(=O)O)c3)cccc21. The number of nitrogens with zero attached hydrogens (tertiary/aromatic N) is 2. The second-order valence-corrected chi connectivity index (χ2v) is 6.45. The van der Waals surface area contributed by atoms with E-state index in [-0.39, 0.29) is 5.91 Å². The summed E-state index contributed by atoms with van der Waals surface area (Å²) in [5, 5.41) is 12.5. The standard InChI is InChI=1S/C20H21N3O4/c1-3-13(2)23-10-9-15-16(5-4-6-17(15)23)20(27)21-14-7-8-18(24)22(11-14)12-19(25)26/h4-11,13H,3,12H2,1-2H3,(H,21,27)(H,25,26). The number of aromatic nitrogens is 2. The topological polar surface area (TPSA) is 93.3 Å². The number of rotatable bonds is 6. The Hall–Kier alpha value is -3.35. The highest BCUT2D eigenvalue weighted by Crippen LogP contribution is 2.25. The molecule has 1 amide bonds. The molecular weight excluding hydrogens is 346 g/mol. The van der Waals surface area contributed by atoms with E-state index in [0.717, 1.165) is 21.9 Å². The van der Waals surface area contributed by atoms with Crippen molar-refractivity contribution in [3.05, 3.63) is 64.7 Å². The maximum absolute atomic E-state index is 12.8. The third-order valence-corrected chi connectivity index (χ3v) is 4.62. The average molecular weight is 367 g/mol. The van der Waals surface area contributed by atoms with Crippen LogP contribution in [0.15, 0.2) is 53.6 Å². The summed E-state index contributed by atoms with van der Waals surface area (Å²) in [5.41, 5.74) is 1.42. The molecule has 0 saturated carbocycles. The Bertz CT molecular complexity index is 1060. The van der Waals surface area contributed by atoms with Gasteiger partial charge in [0.15, 0.2) is 0 Å². The fourth-order valence-corrected chi connectivity index (χ4v) is 3.04. The van der Waals surface area contributed by atoms with Crippen molar-refractivity contribution < 1.29 is 14.7 Å². The Labute approximate surface area is 155 Å². The zero-order valence-corrected chi connectivity index (χ0v) is 15.2. The summed E-state index contributed by atoms with van der Waals surface area (Å²) in [6, 6.07) is 10.5. The van der Waals surface area contributed by atoms with Crippen LogP contribution in [0.25, 0.3) is 10.9 Å². The molecule has 7 nitrogen and oxygen atoms in total. The Morgan fingerprint density at radius 1 is 1.19 bits per heavy atom. The maximum atomic E-state index is 12.8. The lowest BCUT2D eigenvalue weighted by molar-refractivity contribution is -0.137. The molecule has 140 valence electrons. The van der Waals surface area contributed by atoms with Gasteiger partial charge in [0, 0.05) is 41.0 Å². The molecule has 0 radical (unpaired) electrons. The van der Waals surface area contributed by atoms with Crippen LogP contribution in [0.4, 0.5) is 5.69 Å². The van der Waals surface area contributed by atoms with Crippen LogP contribution in [0.1, 0.15) is 36.7 Å². The molecule has 1 unspecified atom stereocenters. The lowest BCUT2D eigenvalue weighted by Crippen LogP contribution is -2.24. The van der Waals surface area contributed by atoms with Gasteiger partial charge in [-0.3, -0.25) is 14.4 Å². The van der Waals surface area contributed by atoms with Crippen LogP contribution in [-0.2, 0) is 11.3 Å². The molecule has 0 fully saturated rings. The minimum absolute atomic E-state index is 0.317. The van der Waals surface area contributed by atoms with Crippen LogP contribution in [0.2, 0.25) is 0 Å². The predicted molar refractivity (Wildman–Crippen MR) is 103 cm³/mol. The summed E-state index contributed by atoms with van der Waals surface area (Å²) < 4.78 is 3.18. The highest BCUT2D eigenvalue weighted by atomic mass is 16.4. The molecule has 3 aromatic rings. The Morgan fingerprint density at radius 3 is 2.67 bits per heavy atom. The zero-order valence-electron chi connectivity index (χ0n) is 15.2. The number of pyridine rings is 1. The largest absolute Gasteiger partial charge is 0.480 e. The average Bonchev–Trinajstić information content (AvgIpc) is 3.07. The molecule has 2 heterocycles. The van der Waals surface area contributed by atoms with E-state index in [1.807, 2.05) is 24.4 Å². The highest BCUT2D eigenvalue weighted by Gasteiger charge is 2.15. The molecule has 0 spiro atoms. The number of carbonyl (C=O) groups is 2. The van der Waals surface area contributed by atoms with Gasteiger partial charge in [-0.15, -0.1) is 0 Å². The number of benzene rings is 1. The van der Waals surface area contributed by atoms with Crippen molar-refractivity contribution in [3.8, 4) is 0 Å². The molecular formula is C20H21N3O4. The van der Waals surface area contributed by atoms with Gasteiger partial charge in [0.1, 0.15) is 6.54 Å². The monoisotopic (exact) mass is 367 g/mol. The first-order valence-corrected chi connectivity index (χ1v) is 8.74. The summed E-state index contributed by atoms with van der Waals surface area (Å²) in [4.78, 5) is 35.3.